The predicted molar refractivity (Wildman–Crippen MR) is 92.8 cm³/mol. The van der Waals surface area contributed by atoms with E-state index in [0.29, 0.717) is 6.54 Å². The molecule has 6 nitrogen and oxygen atoms in total. The number of carbonyl (C=O) groups is 1. The highest BCUT2D eigenvalue weighted by Crippen LogP contribution is 2.20. The topological polar surface area (TPSA) is 76.9 Å². The van der Waals surface area contributed by atoms with Crippen molar-refractivity contribution in [3.05, 3.63) is 29.8 Å². The first-order chi connectivity index (χ1) is 11.3. The predicted octanol–water partition coefficient (Wildman–Crippen LogP) is -2.68. The zero-order chi connectivity index (χ0) is 17.6. The summed E-state index contributed by atoms with van der Waals surface area (Å²) in [5.41, 5.74) is 0.832. The van der Waals surface area contributed by atoms with E-state index in [0.717, 1.165) is 24.8 Å². The summed E-state index contributed by atoms with van der Waals surface area (Å²) in [6, 6.07) is 6.58. The zero-order valence-electron chi connectivity index (χ0n) is 14.8. The van der Waals surface area contributed by atoms with Crippen molar-refractivity contribution in [2.24, 2.45) is 0 Å². The molecule has 1 fully saturated rings. The Morgan fingerprint density at radius 3 is 2.40 bits per heavy atom. The molecule has 1 amide bonds. The van der Waals surface area contributed by atoms with Crippen LogP contribution in [0.5, 0.6) is 5.75 Å². The standard InChI is InChI=1S/C17H26N2O4S.ClH/c1-14(15-6-8-16(9-7-15)23-24(2,21)22)17(20)18-10-5-13-19-11-3-4-12-19;/h6-9,14H,3-5,10-13H2,1-2H3,(H,18,20);1H/t14-;/m1./s1. The van der Waals surface area contributed by atoms with Crippen LogP contribution >= 0.6 is 0 Å². The number of hydrogen-bond acceptors (Lipinski definition) is 4. The van der Waals surface area contributed by atoms with Crippen LogP contribution in [0.2, 0.25) is 0 Å². The molecule has 1 atom stereocenters. The van der Waals surface area contributed by atoms with Crippen molar-refractivity contribution in [3.8, 4) is 5.75 Å². The summed E-state index contributed by atoms with van der Waals surface area (Å²) in [5, 5.41) is 2.98. The minimum absolute atomic E-state index is 0. The molecule has 0 spiro atoms. The van der Waals surface area contributed by atoms with E-state index in [1.165, 1.54) is 25.9 Å². The molecular weight excluding hydrogens is 364 g/mol. The third-order valence-electron chi connectivity index (χ3n) is 4.34. The van der Waals surface area contributed by atoms with E-state index in [9.17, 15) is 13.2 Å². The summed E-state index contributed by atoms with van der Waals surface area (Å²) in [5.74, 6) is -0.0398. The van der Waals surface area contributed by atoms with Gasteiger partial charge in [0, 0.05) is 25.8 Å². The molecule has 1 aliphatic rings. The average Bonchev–Trinajstić information content (AvgIpc) is 3.03. The number of nitrogens with one attached hydrogen (secondary N) is 2. The van der Waals surface area contributed by atoms with Gasteiger partial charge in [-0.1, -0.05) is 12.1 Å². The molecule has 0 saturated carbocycles. The van der Waals surface area contributed by atoms with Crippen LogP contribution in [0.3, 0.4) is 0 Å². The van der Waals surface area contributed by atoms with Crippen LogP contribution in [0.1, 0.15) is 37.7 Å². The van der Waals surface area contributed by atoms with Gasteiger partial charge in [0.25, 0.3) is 0 Å². The molecule has 1 aliphatic heterocycles. The number of likely N-dealkylation sites (tertiary alicyclic amines) is 1. The summed E-state index contributed by atoms with van der Waals surface area (Å²) in [4.78, 5) is 13.8. The zero-order valence-corrected chi connectivity index (χ0v) is 16.3. The molecule has 2 rings (SSSR count). The second kappa shape index (κ2) is 9.99. The number of quaternary nitrogens is 1. The van der Waals surface area contributed by atoms with Gasteiger partial charge in [0.15, 0.2) is 0 Å². The monoisotopic (exact) mass is 390 g/mol. The molecule has 1 heterocycles. The number of carbonyl (C=O) groups excluding carboxylic acids is 1. The number of halogens is 1. The Balaban J connectivity index is 0.00000312. The molecule has 25 heavy (non-hydrogen) atoms. The molecule has 1 aromatic rings. The second-order valence-electron chi connectivity index (χ2n) is 6.43. The maximum absolute atomic E-state index is 12.2. The summed E-state index contributed by atoms with van der Waals surface area (Å²) in [7, 11) is -3.53. The fourth-order valence-electron chi connectivity index (χ4n) is 2.97. The lowest BCUT2D eigenvalue weighted by molar-refractivity contribution is -0.887. The summed E-state index contributed by atoms with van der Waals surface area (Å²) in [6.07, 6.45) is 4.63. The Morgan fingerprint density at radius 1 is 1.24 bits per heavy atom. The van der Waals surface area contributed by atoms with Gasteiger partial charge in [-0.3, -0.25) is 4.79 Å². The lowest BCUT2D eigenvalue weighted by Crippen LogP contribution is -3.10. The second-order valence-corrected chi connectivity index (χ2v) is 8.00. The molecule has 142 valence electrons. The molecule has 8 heteroatoms. The van der Waals surface area contributed by atoms with Gasteiger partial charge in [-0.2, -0.15) is 8.42 Å². The Kier molecular flexibility index (Phi) is 8.68. The van der Waals surface area contributed by atoms with Crippen LogP contribution in [0, 0.1) is 0 Å². The first kappa shape index (κ1) is 21.7. The maximum atomic E-state index is 12.2. The fourth-order valence-corrected chi connectivity index (χ4v) is 3.43. The van der Waals surface area contributed by atoms with E-state index in [-0.39, 0.29) is 30.0 Å². The SMILES string of the molecule is C[C@@H](C(=O)NCCC[NH+]1CCCC1)c1ccc(OS(C)(=O)=O)cc1.[Cl-]. The summed E-state index contributed by atoms with van der Waals surface area (Å²) in [6.45, 7) is 6.17. The van der Waals surface area contributed by atoms with Gasteiger partial charge < -0.3 is 26.8 Å². The van der Waals surface area contributed by atoms with Crippen LogP contribution in [-0.4, -0.2) is 46.8 Å². The van der Waals surface area contributed by atoms with E-state index in [1.807, 2.05) is 6.92 Å². The summed E-state index contributed by atoms with van der Waals surface area (Å²) >= 11 is 0. The first-order valence-corrected chi connectivity index (χ1v) is 10.3. The first-order valence-electron chi connectivity index (χ1n) is 8.46. The number of hydrogen-bond donors (Lipinski definition) is 2. The van der Waals surface area contributed by atoms with E-state index in [1.54, 1.807) is 29.2 Å². The Bertz CT molecular complexity index is 643. The van der Waals surface area contributed by atoms with Gasteiger partial charge in [-0.25, -0.2) is 0 Å². The number of benzene rings is 1. The largest absolute Gasteiger partial charge is 1.00 e. The van der Waals surface area contributed by atoms with Crippen LogP contribution in [0.15, 0.2) is 24.3 Å². The molecule has 0 bridgehead atoms. The molecule has 1 aromatic carbocycles. The number of amides is 1. The van der Waals surface area contributed by atoms with Gasteiger partial charge in [0.2, 0.25) is 5.91 Å². The van der Waals surface area contributed by atoms with Crippen molar-refractivity contribution in [3.63, 3.8) is 0 Å². The minimum Gasteiger partial charge on any atom is -1.00 e. The smallest absolute Gasteiger partial charge is 0.306 e. The number of rotatable bonds is 8. The third kappa shape index (κ3) is 7.63. The van der Waals surface area contributed by atoms with E-state index in [2.05, 4.69) is 5.32 Å². The van der Waals surface area contributed by atoms with E-state index in [4.69, 9.17) is 4.18 Å². The van der Waals surface area contributed by atoms with Crippen molar-refractivity contribution in [1.82, 2.24) is 5.32 Å². The highest BCUT2D eigenvalue weighted by Gasteiger charge is 2.17. The Morgan fingerprint density at radius 2 is 1.84 bits per heavy atom. The molecular formula is C17H27ClN2O4S. The molecule has 0 aliphatic carbocycles. The van der Waals surface area contributed by atoms with Crippen molar-refractivity contribution < 1.29 is 34.7 Å². The van der Waals surface area contributed by atoms with Gasteiger partial charge in [0.1, 0.15) is 5.75 Å². The van der Waals surface area contributed by atoms with Crippen molar-refractivity contribution >= 4 is 16.0 Å². The fraction of sp³-hybridized carbons (Fsp3) is 0.588. The lowest BCUT2D eigenvalue weighted by Gasteiger charge is -2.15. The van der Waals surface area contributed by atoms with E-state index < -0.39 is 10.1 Å². The molecule has 2 N–H and O–H groups in total. The minimum atomic E-state index is -3.53. The van der Waals surface area contributed by atoms with E-state index >= 15 is 0 Å². The Hall–Kier alpha value is -1.31. The highest BCUT2D eigenvalue weighted by atomic mass is 35.5. The van der Waals surface area contributed by atoms with Crippen LogP contribution in [-0.2, 0) is 14.9 Å². The van der Waals surface area contributed by atoms with Gasteiger partial charge in [-0.05, 0) is 24.6 Å². The normalized spacial score (nSPS) is 16.1. The van der Waals surface area contributed by atoms with Crippen molar-refractivity contribution in [2.45, 2.75) is 32.1 Å². The highest BCUT2D eigenvalue weighted by molar-refractivity contribution is 7.86. The quantitative estimate of drug-likeness (QED) is 0.374. The Labute approximate surface area is 156 Å². The van der Waals surface area contributed by atoms with Crippen LogP contribution < -0.4 is 26.8 Å². The molecule has 1 saturated heterocycles. The van der Waals surface area contributed by atoms with Crippen LogP contribution in [0.25, 0.3) is 0 Å². The summed E-state index contributed by atoms with van der Waals surface area (Å²) < 4.78 is 27.0. The maximum Gasteiger partial charge on any atom is 0.306 e. The van der Waals surface area contributed by atoms with Crippen molar-refractivity contribution in [1.29, 1.82) is 0 Å². The van der Waals surface area contributed by atoms with Crippen LogP contribution in [0.4, 0.5) is 0 Å². The molecule has 0 unspecified atom stereocenters. The van der Waals surface area contributed by atoms with Gasteiger partial charge >= 0.3 is 10.1 Å². The van der Waals surface area contributed by atoms with Gasteiger partial charge in [0.05, 0.1) is 31.8 Å². The van der Waals surface area contributed by atoms with Crippen molar-refractivity contribution in [2.75, 3.05) is 32.4 Å². The third-order valence-corrected chi connectivity index (χ3v) is 4.83. The molecule has 0 aromatic heterocycles. The molecule has 0 radical (unpaired) electrons. The van der Waals surface area contributed by atoms with Gasteiger partial charge in [-0.15, -0.1) is 0 Å². The lowest BCUT2D eigenvalue weighted by atomic mass is 10.0. The average molecular weight is 391 g/mol.